The second-order valence-electron chi connectivity index (χ2n) is 7.69. The van der Waals surface area contributed by atoms with Gasteiger partial charge in [0.2, 0.25) is 0 Å². The molecule has 4 nitrogen and oxygen atoms in total. The SMILES string of the molecule is CCOC(=O)c1ccc2c(c1)cc(CN1CCC(C(F)(F)F)CC1)n2C(C)C. The quantitative estimate of drug-likeness (QED) is 0.654. The lowest BCUT2D eigenvalue weighted by atomic mass is 9.96. The average molecular weight is 396 g/mol. The molecule has 0 spiro atoms. The Labute approximate surface area is 163 Å². The van der Waals surface area contributed by atoms with E-state index >= 15 is 0 Å². The number of alkyl halides is 3. The molecule has 0 saturated carbocycles. The molecule has 3 rings (SSSR count). The number of hydrogen-bond donors (Lipinski definition) is 0. The van der Waals surface area contributed by atoms with Crippen LogP contribution in [-0.4, -0.2) is 41.3 Å². The zero-order valence-corrected chi connectivity index (χ0v) is 16.6. The van der Waals surface area contributed by atoms with Gasteiger partial charge in [-0.3, -0.25) is 4.90 Å². The summed E-state index contributed by atoms with van der Waals surface area (Å²) >= 11 is 0. The van der Waals surface area contributed by atoms with Gasteiger partial charge < -0.3 is 9.30 Å². The van der Waals surface area contributed by atoms with Gasteiger partial charge in [-0.1, -0.05) is 0 Å². The van der Waals surface area contributed by atoms with Gasteiger partial charge in [0.15, 0.2) is 0 Å². The average Bonchev–Trinajstić information content (AvgIpc) is 2.98. The summed E-state index contributed by atoms with van der Waals surface area (Å²) in [6.45, 7) is 7.74. The summed E-state index contributed by atoms with van der Waals surface area (Å²) in [6, 6.07) is 7.74. The van der Waals surface area contributed by atoms with Gasteiger partial charge in [-0.05, 0) is 71.0 Å². The van der Waals surface area contributed by atoms with Crippen LogP contribution in [-0.2, 0) is 11.3 Å². The van der Waals surface area contributed by atoms with Crippen molar-refractivity contribution in [2.75, 3.05) is 19.7 Å². The Morgan fingerprint density at radius 3 is 2.46 bits per heavy atom. The van der Waals surface area contributed by atoms with Crippen LogP contribution in [0.15, 0.2) is 24.3 Å². The molecule has 1 aliphatic rings. The zero-order valence-electron chi connectivity index (χ0n) is 16.6. The molecule has 1 saturated heterocycles. The number of nitrogens with zero attached hydrogens (tertiary/aromatic N) is 2. The third kappa shape index (κ3) is 4.35. The number of esters is 1. The van der Waals surface area contributed by atoms with Crippen molar-refractivity contribution in [2.24, 2.45) is 5.92 Å². The van der Waals surface area contributed by atoms with E-state index < -0.39 is 12.1 Å². The molecular weight excluding hydrogens is 369 g/mol. The highest BCUT2D eigenvalue weighted by atomic mass is 19.4. The Bertz CT molecular complexity index is 834. The summed E-state index contributed by atoms with van der Waals surface area (Å²) in [6.07, 6.45) is -3.79. The van der Waals surface area contributed by atoms with Gasteiger partial charge >= 0.3 is 12.1 Å². The number of halogens is 3. The van der Waals surface area contributed by atoms with Gasteiger partial charge in [-0.25, -0.2) is 4.79 Å². The van der Waals surface area contributed by atoms with Crippen molar-refractivity contribution < 1.29 is 22.7 Å². The molecule has 2 aromatic rings. The van der Waals surface area contributed by atoms with Gasteiger partial charge in [0.1, 0.15) is 0 Å². The summed E-state index contributed by atoms with van der Waals surface area (Å²) in [5.41, 5.74) is 2.58. The molecule has 0 N–H and O–H groups in total. The third-order valence-electron chi connectivity index (χ3n) is 5.38. The van der Waals surface area contributed by atoms with E-state index in [-0.39, 0.29) is 24.9 Å². The molecule has 0 atom stereocenters. The van der Waals surface area contributed by atoms with Crippen LogP contribution < -0.4 is 0 Å². The van der Waals surface area contributed by atoms with E-state index in [0.29, 0.717) is 31.8 Å². The van der Waals surface area contributed by atoms with Crippen LogP contribution in [0.3, 0.4) is 0 Å². The number of aromatic nitrogens is 1. The van der Waals surface area contributed by atoms with E-state index in [9.17, 15) is 18.0 Å². The first-order valence-corrected chi connectivity index (χ1v) is 9.80. The number of piperidine rings is 1. The smallest absolute Gasteiger partial charge is 0.391 e. The van der Waals surface area contributed by atoms with Crippen molar-refractivity contribution in [3.8, 4) is 0 Å². The van der Waals surface area contributed by atoms with Gasteiger partial charge in [0, 0.05) is 29.2 Å². The lowest BCUT2D eigenvalue weighted by Gasteiger charge is -2.33. The molecule has 2 heterocycles. The number of ether oxygens (including phenoxy) is 1. The number of likely N-dealkylation sites (tertiary alicyclic amines) is 1. The number of rotatable bonds is 5. The van der Waals surface area contributed by atoms with Crippen LogP contribution >= 0.6 is 0 Å². The lowest BCUT2D eigenvalue weighted by Crippen LogP contribution is -2.38. The maximum absolute atomic E-state index is 12.9. The molecule has 154 valence electrons. The minimum atomic E-state index is -4.09. The molecule has 1 fully saturated rings. The predicted octanol–water partition coefficient (Wildman–Crippen LogP) is 5.17. The fraction of sp³-hybridized carbons (Fsp3) is 0.571. The second-order valence-corrected chi connectivity index (χ2v) is 7.69. The Morgan fingerprint density at radius 2 is 1.89 bits per heavy atom. The lowest BCUT2D eigenvalue weighted by molar-refractivity contribution is -0.185. The molecular formula is C21H27F3N2O2. The van der Waals surface area contributed by atoms with E-state index in [0.717, 1.165) is 16.6 Å². The first kappa shape index (κ1) is 20.7. The number of carbonyl (C=O) groups excluding carboxylic acids is 1. The number of fused-ring (bicyclic) bond motifs is 1. The molecule has 7 heteroatoms. The van der Waals surface area contributed by atoms with Crippen LogP contribution in [0.2, 0.25) is 0 Å². The Balaban J connectivity index is 1.82. The summed E-state index contributed by atoms with van der Waals surface area (Å²) in [4.78, 5) is 14.1. The van der Waals surface area contributed by atoms with Crippen LogP contribution in [0.1, 0.15) is 55.7 Å². The maximum Gasteiger partial charge on any atom is 0.391 e. The van der Waals surface area contributed by atoms with Crippen LogP contribution in [0.5, 0.6) is 0 Å². The fourth-order valence-electron chi connectivity index (χ4n) is 4.01. The molecule has 28 heavy (non-hydrogen) atoms. The summed E-state index contributed by atoms with van der Waals surface area (Å²) in [5.74, 6) is -1.54. The van der Waals surface area contributed by atoms with Crippen molar-refractivity contribution in [1.82, 2.24) is 9.47 Å². The molecule has 1 aromatic heterocycles. The minimum Gasteiger partial charge on any atom is -0.462 e. The summed E-state index contributed by atoms with van der Waals surface area (Å²) < 4.78 is 46.0. The van der Waals surface area contributed by atoms with Gasteiger partial charge in [0.05, 0.1) is 18.1 Å². The van der Waals surface area contributed by atoms with Crippen molar-refractivity contribution in [1.29, 1.82) is 0 Å². The van der Waals surface area contributed by atoms with Crippen molar-refractivity contribution in [3.05, 3.63) is 35.5 Å². The van der Waals surface area contributed by atoms with Crippen LogP contribution in [0, 0.1) is 5.92 Å². The highest BCUT2D eigenvalue weighted by Crippen LogP contribution is 2.35. The monoisotopic (exact) mass is 396 g/mol. The second kappa shape index (κ2) is 8.15. The van der Waals surface area contributed by atoms with E-state index in [2.05, 4.69) is 23.3 Å². The van der Waals surface area contributed by atoms with E-state index in [1.807, 2.05) is 18.2 Å². The van der Waals surface area contributed by atoms with Crippen molar-refractivity contribution >= 4 is 16.9 Å². The van der Waals surface area contributed by atoms with Gasteiger partial charge in [0.25, 0.3) is 0 Å². The number of hydrogen-bond acceptors (Lipinski definition) is 3. The maximum atomic E-state index is 12.9. The largest absolute Gasteiger partial charge is 0.462 e. The standard InChI is InChI=1S/C21H27F3N2O2/c1-4-28-20(27)15-5-6-19-16(11-15)12-18(26(19)14(2)3)13-25-9-7-17(8-10-25)21(22,23)24/h5-6,11-12,14,17H,4,7-10,13H2,1-3H3. The minimum absolute atomic E-state index is 0.151. The highest BCUT2D eigenvalue weighted by Gasteiger charge is 2.41. The Kier molecular flexibility index (Phi) is 6.03. The normalized spacial score (nSPS) is 16.8. The van der Waals surface area contributed by atoms with Crippen molar-refractivity contribution in [2.45, 2.75) is 52.4 Å². The van der Waals surface area contributed by atoms with E-state index in [1.165, 1.54) is 0 Å². The molecule has 1 aromatic carbocycles. The predicted molar refractivity (Wildman–Crippen MR) is 102 cm³/mol. The van der Waals surface area contributed by atoms with E-state index in [1.54, 1.807) is 13.0 Å². The molecule has 0 amide bonds. The molecule has 0 aliphatic carbocycles. The van der Waals surface area contributed by atoms with Crippen LogP contribution in [0.4, 0.5) is 13.2 Å². The first-order chi connectivity index (χ1) is 13.2. The molecule has 1 aliphatic heterocycles. The Morgan fingerprint density at radius 1 is 1.21 bits per heavy atom. The fourth-order valence-corrected chi connectivity index (χ4v) is 4.01. The molecule has 0 unspecified atom stereocenters. The van der Waals surface area contributed by atoms with Gasteiger partial charge in [-0.15, -0.1) is 0 Å². The number of benzene rings is 1. The van der Waals surface area contributed by atoms with Crippen LogP contribution in [0.25, 0.3) is 10.9 Å². The summed E-state index contributed by atoms with van der Waals surface area (Å²) in [5, 5.41) is 0.944. The van der Waals surface area contributed by atoms with Crippen molar-refractivity contribution in [3.63, 3.8) is 0 Å². The zero-order chi connectivity index (χ0) is 20.5. The topological polar surface area (TPSA) is 34.5 Å². The summed E-state index contributed by atoms with van der Waals surface area (Å²) in [7, 11) is 0. The number of carbonyl (C=O) groups is 1. The highest BCUT2D eigenvalue weighted by molar-refractivity contribution is 5.95. The third-order valence-corrected chi connectivity index (χ3v) is 5.38. The first-order valence-electron chi connectivity index (χ1n) is 9.80. The molecule has 0 radical (unpaired) electrons. The van der Waals surface area contributed by atoms with E-state index in [4.69, 9.17) is 4.74 Å². The Hall–Kier alpha value is -2.02. The molecule has 0 bridgehead atoms. The van der Waals surface area contributed by atoms with Gasteiger partial charge in [-0.2, -0.15) is 13.2 Å².